The van der Waals surface area contributed by atoms with Crippen LogP contribution in [0.5, 0.6) is 0 Å². The number of benzene rings is 1. The molecule has 0 spiro atoms. The number of anilines is 3. The second-order valence-electron chi connectivity index (χ2n) is 8.76. The topological polar surface area (TPSA) is 97.7 Å². The number of hydrogen-bond acceptors (Lipinski definition) is 7. The van der Waals surface area contributed by atoms with Gasteiger partial charge in [0, 0.05) is 42.3 Å². The predicted molar refractivity (Wildman–Crippen MR) is 135 cm³/mol. The number of amides is 2. The Morgan fingerprint density at radius 1 is 1.12 bits per heavy atom. The Morgan fingerprint density at radius 3 is 2.59 bits per heavy atom. The molecule has 34 heavy (non-hydrogen) atoms. The van der Waals surface area contributed by atoms with Crippen LogP contribution in [-0.2, 0) is 27.2 Å². The summed E-state index contributed by atoms with van der Waals surface area (Å²) in [5.41, 5.74) is 3.61. The number of hydrogen-bond donors (Lipinski definition) is 2. The monoisotopic (exact) mass is 481 g/mol. The van der Waals surface area contributed by atoms with Crippen molar-refractivity contribution in [3.8, 4) is 6.07 Å². The number of thiophene rings is 1. The Balaban J connectivity index is 1.21. The molecule has 2 aromatic rings. The summed E-state index contributed by atoms with van der Waals surface area (Å²) in [6.45, 7) is 3.85. The molecule has 180 valence electrons. The quantitative estimate of drug-likeness (QED) is 0.601. The van der Waals surface area contributed by atoms with Crippen molar-refractivity contribution in [3.05, 3.63) is 40.3 Å². The molecule has 8 nitrogen and oxygen atoms in total. The molecule has 1 aliphatic heterocycles. The minimum atomic E-state index is -0.138. The van der Waals surface area contributed by atoms with Gasteiger partial charge in [0.15, 0.2) is 0 Å². The highest BCUT2D eigenvalue weighted by Crippen LogP contribution is 2.37. The molecule has 1 fully saturated rings. The zero-order valence-corrected chi connectivity index (χ0v) is 20.4. The van der Waals surface area contributed by atoms with Crippen LogP contribution in [0.4, 0.5) is 16.4 Å². The van der Waals surface area contributed by atoms with E-state index < -0.39 is 0 Å². The molecule has 0 saturated carbocycles. The van der Waals surface area contributed by atoms with Gasteiger partial charge in [0.25, 0.3) is 0 Å². The van der Waals surface area contributed by atoms with Gasteiger partial charge in [-0.1, -0.05) is 0 Å². The molecule has 1 aromatic carbocycles. The van der Waals surface area contributed by atoms with E-state index >= 15 is 0 Å². The van der Waals surface area contributed by atoms with Crippen molar-refractivity contribution in [1.82, 2.24) is 4.90 Å². The number of rotatable bonds is 8. The van der Waals surface area contributed by atoms with Gasteiger partial charge < -0.3 is 20.3 Å². The Morgan fingerprint density at radius 2 is 1.85 bits per heavy atom. The van der Waals surface area contributed by atoms with E-state index in [-0.39, 0.29) is 24.8 Å². The number of carbonyl (C=O) groups is 2. The SMILES string of the molecule is CN(CCC(=O)Nc1sc2c(c1C#N)CCCC2)CC(=O)Nc1ccc(N2CCOCC2)cc1. The molecule has 0 radical (unpaired) electrons. The number of aryl methyl sites for hydroxylation is 1. The van der Waals surface area contributed by atoms with E-state index in [9.17, 15) is 14.9 Å². The number of morpholine rings is 1. The van der Waals surface area contributed by atoms with Crippen LogP contribution in [0.2, 0.25) is 0 Å². The largest absolute Gasteiger partial charge is 0.378 e. The Bertz CT molecular complexity index is 1050. The first-order chi connectivity index (χ1) is 16.5. The van der Waals surface area contributed by atoms with Crippen LogP contribution in [0.25, 0.3) is 0 Å². The fourth-order valence-electron chi connectivity index (χ4n) is 4.36. The van der Waals surface area contributed by atoms with E-state index in [0.29, 0.717) is 17.1 Å². The molecule has 0 bridgehead atoms. The standard InChI is InChI=1S/C25H31N5O3S/c1-29(11-10-23(31)28-25-21(16-26)20-4-2-3-5-22(20)34-25)17-24(32)27-18-6-8-19(9-7-18)30-12-14-33-15-13-30/h6-9H,2-5,10-15,17H2,1H3,(H,27,32)(H,28,31). The number of nitrogens with one attached hydrogen (secondary N) is 2. The van der Waals surface area contributed by atoms with Crippen LogP contribution >= 0.6 is 11.3 Å². The summed E-state index contributed by atoms with van der Waals surface area (Å²) in [7, 11) is 1.82. The van der Waals surface area contributed by atoms with Crippen LogP contribution < -0.4 is 15.5 Å². The minimum Gasteiger partial charge on any atom is -0.378 e. The first-order valence-electron chi connectivity index (χ1n) is 11.8. The molecule has 0 unspecified atom stereocenters. The molecule has 0 atom stereocenters. The lowest BCUT2D eigenvalue weighted by atomic mass is 9.96. The van der Waals surface area contributed by atoms with Crippen LogP contribution in [-0.4, -0.2) is 63.2 Å². The lowest BCUT2D eigenvalue weighted by Gasteiger charge is -2.28. The van der Waals surface area contributed by atoms with E-state index in [1.807, 2.05) is 36.2 Å². The Labute approximate surface area is 204 Å². The highest BCUT2D eigenvalue weighted by Gasteiger charge is 2.22. The van der Waals surface area contributed by atoms with E-state index in [4.69, 9.17) is 4.74 Å². The molecule has 2 aliphatic rings. The van der Waals surface area contributed by atoms with Crippen molar-refractivity contribution in [3.63, 3.8) is 0 Å². The molecule has 1 aliphatic carbocycles. The van der Waals surface area contributed by atoms with Gasteiger partial charge in [0.1, 0.15) is 11.1 Å². The number of ether oxygens (including phenoxy) is 1. The number of nitrogens with zero attached hydrogens (tertiary/aromatic N) is 3. The second-order valence-corrected chi connectivity index (χ2v) is 9.86. The lowest BCUT2D eigenvalue weighted by molar-refractivity contribution is -0.119. The second kappa shape index (κ2) is 11.5. The summed E-state index contributed by atoms with van der Waals surface area (Å²) in [6, 6.07) is 10.1. The summed E-state index contributed by atoms with van der Waals surface area (Å²) >= 11 is 1.53. The molecule has 1 saturated heterocycles. The normalized spacial score (nSPS) is 15.5. The number of fused-ring (bicyclic) bond motifs is 1. The third-order valence-corrected chi connectivity index (χ3v) is 7.40. The van der Waals surface area contributed by atoms with Gasteiger partial charge in [0.2, 0.25) is 11.8 Å². The highest BCUT2D eigenvalue weighted by molar-refractivity contribution is 7.16. The average molecular weight is 482 g/mol. The minimum absolute atomic E-state index is 0.125. The molecule has 1 aromatic heterocycles. The van der Waals surface area contributed by atoms with Crippen molar-refractivity contribution in [2.75, 3.05) is 62.0 Å². The van der Waals surface area contributed by atoms with E-state index in [0.717, 1.165) is 68.9 Å². The van der Waals surface area contributed by atoms with Gasteiger partial charge in [-0.05, 0) is 62.6 Å². The fourth-order valence-corrected chi connectivity index (χ4v) is 5.61. The smallest absolute Gasteiger partial charge is 0.238 e. The van der Waals surface area contributed by atoms with E-state index in [1.165, 1.54) is 16.2 Å². The predicted octanol–water partition coefficient (Wildman–Crippen LogP) is 3.23. The van der Waals surface area contributed by atoms with Crippen LogP contribution in [0.15, 0.2) is 24.3 Å². The first-order valence-corrected chi connectivity index (χ1v) is 12.6. The van der Waals surface area contributed by atoms with Crippen molar-refractivity contribution in [2.24, 2.45) is 0 Å². The third kappa shape index (κ3) is 6.14. The summed E-state index contributed by atoms with van der Waals surface area (Å²) in [6.07, 6.45) is 4.38. The molecular formula is C25H31N5O3S. The molecular weight excluding hydrogens is 450 g/mol. The van der Waals surface area contributed by atoms with Gasteiger partial charge in [-0.15, -0.1) is 11.3 Å². The van der Waals surface area contributed by atoms with Crippen molar-refractivity contribution in [1.29, 1.82) is 5.26 Å². The number of likely N-dealkylation sites (N-methyl/N-ethyl adjacent to an activating group) is 1. The maximum absolute atomic E-state index is 12.5. The Kier molecular flexibility index (Phi) is 8.16. The summed E-state index contributed by atoms with van der Waals surface area (Å²) in [5, 5.41) is 16.0. The van der Waals surface area contributed by atoms with Gasteiger partial charge in [-0.2, -0.15) is 5.26 Å². The van der Waals surface area contributed by atoms with Crippen LogP contribution in [0, 0.1) is 11.3 Å². The number of nitriles is 1. The fraction of sp³-hybridized carbons (Fsp3) is 0.480. The van der Waals surface area contributed by atoms with Gasteiger partial charge >= 0.3 is 0 Å². The average Bonchev–Trinajstić information content (AvgIpc) is 3.20. The van der Waals surface area contributed by atoms with E-state index in [2.05, 4.69) is 21.6 Å². The van der Waals surface area contributed by atoms with Gasteiger partial charge in [0.05, 0.1) is 25.3 Å². The van der Waals surface area contributed by atoms with Gasteiger partial charge in [-0.25, -0.2) is 0 Å². The van der Waals surface area contributed by atoms with Gasteiger partial charge in [-0.3, -0.25) is 14.5 Å². The lowest BCUT2D eigenvalue weighted by Crippen LogP contribution is -2.36. The molecule has 2 amide bonds. The van der Waals surface area contributed by atoms with Crippen LogP contribution in [0.3, 0.4) is 0 Å². The molecule has 9 heteroatoms. The summed E-state index contributed by atoms with van der Waals surface area (Å²) in [5.74, 6) is -0.263. The van der Waals surface area contributed by atoms with Crippen molar-refractivity contribution < 1.29 is 14.3 Å². The molecule has 4 rings (SSSR count). The first kappa shape index (κ1) is 24.2. The molecule has 2 N–H and O–H groups in total. The maximum atomic E-state index is 12.5. The van der Waals surface area contributed by atoms with Crippen molar-refractivity contribution in [2.45, 2.75) is 32.1 Å². The Hall–Kier alpha value is -2.93. The van der Waals surface area contributed by atoms with E-state index in [1.54, 1.807) is 0 Å². The summed E-state index contributed by atoms with van der Waals surface area (Å²) < 4.78 is 5.39. The molecule has 2 heterocycles. The maximum Gasteiger partial charge on any atom is 0.238 e. The third-order valence-electron chi connectivity index (χ3n) is 6.20. The van der Waals surface area contributed by atoms with Crippen molar-refractivity contribution >= 4 is 39.5 Å². The summed E-state index contributed by atoms with van der Waals surface area (Å²) in [4.78, 5) is 30.2. The highest BCUT2D eigenvalue weighted by atomic mass is 32.1. The zero-order valence-electron chi connectivity index (χ0n) is 19.6. The number of carbonyl (C=O) groups excluding carboxylic acids is 2. The zero-order chi connectivity index (χ0) is 23.9. The van der Waals surface area contributed by atoms with Crippen LogP contribution in [0.1, 0.15) is 35.3 Å².